The van der Waals surface area contributed by atoms with Crippen LogP contribution >= 0.6 is 0 Å². The highest BCUT2D eigenvalue weighted by molar-refractivity contribution is 5.49. The van der Waals surface area contributed by atoms with E-state index in [-0.39, 0.29) is 10.6 Å². The van der Waals surface area contributed by atoms with E-state index >= 15 is 0 Å². The van der Waals surface area contributed by atoms with Crippen LogP contribution in [0.5, 0.6) is 5.75 Å². The lowest BCUT2D eigenvalue weighted by molar-refractivity contribution is -0.137. The minimum absolute atomic E-state index is 0.171. The maximum absolute atomic E-state index is 12.3. The summed E-state index contributed by atoms with van der Waals surface area (Å²) in [5, 5.41) is 0. The van der Waals surface area contributed by atoms with Gasteiger partial charge in [-0.3, -0.25) is 0 Å². The van der Waals surface area contributed by atoms with Crippen molar-refractivity contribution in [3.05, 3.63) is 24.3 Å². The van der Waals surface area contributed by atoms with E-state index in [1.807, 2.05) is 0 Å². The molecule has 2 nitrogen and oxygen atoms in total. The zero-order chi connectivity index (χ0) is 14.7. The minimum Gasteiger partial charge on any atom is -0.497 e. The Morgan fingerprint density at radius 2 is 1.32 bits per heavy atom. The Morgan fingerprint density at radius 1 is 0.895 bits per heavy atom. The van der Waals surface area contributed by atoms with Crippen molar-refractivity contribution in [2.75, 3.05) is 25.1 Å². The van der Waals surface area contributed by atoms with E-state index in [4.69, 9.17) is 4.74 Å². The Kier molecular flexibility index (Phi) is 4.54. The Labute approximate surface area is 105 Å². The molecular formula is C11H11F6NO. The molecule has 1 rings (SSSR count). The zero-order valence-electron chi connectivity index (χ0n) is 9.85. The van der Waals surface area contributed by atoms with Gasteiger partial charge in [0.1, 0.15) is 18.8 Å². The Morgan fingerprint density at radius 3 is 1.63 bits per heavy atom. The number of methoxy groups -OCH3 is 1. The Bertz CT molecular complexity index is 381. The number of benzene rings is 1. The van der Waals surface area contributed by atoms with E-state index in [1.54, 1.807) is 0 Å². The standard InChI is InChI=1S/C11H11F6NO/c1-19-9-4-2-8(3-5-9)18(6-10(12,13)14)7-11(15,16)17/h2-5H,6-7H2,1H3. The molecule has 1 aromatic rings. The van der Waals surface area contributed by atoms with Gasteiger partial charge in [-0.05, 0) is 24.3 Å². The van der Waals surface area contributed by atoms with Crippen LogP contribution in [0, 0.1) is 0 Å². The highest BCUT2D eigenvalue weighted by Crippen LogP contribution is 2.27. The average molecular weight is 287 g/mol. The number of anilines is 1. The summed E-state index contributed by atoms with van der Waals surface area (Å²) in [5.41, 5.74) is -0.171. The van der Waals surface area contributed by atoms with Gasteiger partial charge in [0.25, 0.3) is 0 Å². The average Bonchev–Trinajstić information content (AvgIpc) is 2.24. The number of hydrogen-bond donors (Lipinski definition) is 0. The summed E-state index contributed by atoms with van der Waals surface area (Å²) in [4.78, 5) is 0.222. The summed E-state index contributed by atoms with van der Waals surface area (Å²) < 4.78 is 78.5. The molecule has 0 fully saturated rings. The molecule has 0 aliphatic carbocycles. The SMILES string of the molecule is COc1ccc(N(CC(F)(F)F)CC(F)(F)F)cc1. The van der Waals surface area contributed by atoms with Crippen LogP contribution in [0.3, 0.4) is 0 Å². The van der Waals surface area contributed by atoms with Crippen LogP contribution in [0.15, 0.2) is 24.3 Å². The number of rotatable bonds is 4. The van der Waals surface area contributed by atoms with Gasteiger partial charge >= 0.3 is 12.4 Å². The van der Waals surface area contributed by atoms with Crippen molar-refractivity contribution in [2.45, 2.75) is 12.4 Å². The van der Waals surface area contributed by atoms with Gasteiger partial charge in [0.15, 0.2) is 0 Å². The van der Waals surface area contributed by atoms with Gasteiger partial charge in [0, 0.05) is 5.69 Å². The van der Waals surface area contributed by atoms with Gasteiger partial charge in [-0.25, -0.2) is 0 Å². The molecule has 0 heterocycles. The predicted octanol–water partition coefficient (Wildman–Crippen LogP) is 3.63. The van der Waals surface area contributed by atoms with Crippen LogP contribution < -0.4 is 9.64 Å². The van der Waals surface area contributed by atoms with Crippen molar-refractivity contribution >= 4 is 5.69 Å². The summed E-state index contributed by atoms with van der Waals surface area (Å²) >= 11 is 0. The van der Waals surface area contributed by atoms with Gasteiger partial charge < -0.3 is 9.64 Å². The predicted molar refractivity (Wildman–Crippen MR) is 57.3 cm³/mol. The fourth-order valence-corrected chi connectivity index (χ4v) is 1.46. The third kappa shape index (κ3) is 5.71. The molecule has 0 bridgehead atoms. The third-order valence-corrected chi connectivity index (χ3v) is 2.18. The third-order valence-electron chi connectivity index (χ3n) is 2.18. The minimum atomic E-state index is -4.72. The van der Waals surface area contributed by atoms with E-state index in [1.165, 1.54) is 19.2 Å². The molecule has 0 spiro atoms. The van der Waals surface area contributed by atoms with Crippen LogP contribution in [0.2, 0.25) is 0 Å². The molecule has 0 atom stereocenters. The summed E-state index contributed by atoms with van der Waals surface area (Å²) in [5.74, 6) is 0.350. The van der Waals surface area contributed by atoms with Crippen LogP contribution in [0.1, 0.15) is 0 Å². The van der Waals surface area contributed by atoms with Gasteiger partial charge in [-0.2, -0.15) is 26.3 Å². The normalized spacial score (nSPS) is 12.4. The lowest BCUT2D eigenvalue weighted by Crippen LogP contribution is -2.40. The van der Waals surface area contributed by atoms with E-state index < -0.39 is 25.4 Å². The highest BCUT2D eigenvalue weighted by Gasteiger charge is 2.37. The molecule has 0 aliphatic rings. The Hall–Kier alpha value is -1.60. The lowest BCUT2D eigenvalue weighted by Gasteiger charge is -2.27. The lowest BCUT2D eigenvalue weighted by atomic mass is 10.2. The first-order valence-electron chi connectivity index (χ1n) is 5.13. The second-order valence-corrected chi connectivity index (χ2v) is 3.78. The first-order chi connectivity index (χ1) is 8.61. The summed E-state index contributed by atoms with van der Waals surface area (Å²) in [7, 11) is 1.35. The molecule has 0 saturated heterocycles. The molecule has 0 amide bonds. The molecule has 0 N–H and O–H groups in total. The van der Waals surface area contributed by atoms with Crippen LogP contribution in [0.4, 0.5) is 32.0 Å². The monoisotopic (exact) mass is 287 g/mol. The number of hydrogen-bond acceptors (Lipinski definition) is 2. The van der Waals surface area contributed by atoms with Gasteiger partial charge in [0.2, 0.25) is 0 Å². The second-order valence-electron chi connectivity index (χ2n) is 3.78. The maximum atomic E-state index is 12.3. The molecule has 0 aliphatic heterocycles. The fourth-order valence-electron chi connectivity index (χ4n) is 1.46. The van der Waals surface area contributed by atoms with Gasteiger partial charge in [0.05, 0.1) is 7.11 Å². The smallest absolute Gasteiger partial charge is 0.405 e. The largest absolute Gasteiger partial charge is 0.497 e. The number of halogens is 6. The zero-order valence-corrected chi connectivity index (χ0v) is 9.85. The maximum Gasteiger partial charge on any atom is 0.405 e. The van der Waals surface area contributed by atoms with Crippen LogP contribution in [0.25, 0.3) is 0 Å². The molecule has 8 heteroatoms. The molecular weight excluding hydrogens is 276 g/mol. The number of alkyl halides is 6. The molecule has 0 unspecified atom stereocenters. The van der Waals surface area contributed by atoms with E-state index in [0.717, 1.165) is 12.1 Å². The van der Waals surface area contributed by atoms with Gasteiger partial charge in [-0.1, -0.05) is 0 Å². The molecule has 0 aromatic heterocycles. The molecule has 0 saturated carbocycles. The van der Waals surface area contributed by atoms with Crippen molar-refractivity contribution in [3.63, 3.8) is 0 Å². The quantitative estimate of drug-likeness (QED) is 0.784. The summed E-state index contributed by atoms with van der Waals surface area (Å²) in [6.07, 6.45) is -9.43. The molecule has 19 heavy (non-hydrogen) atoms. The fraction of sp³-hybridized carbons (Fsp3) is 0.455. The highest BCUT2D eigenvalue weighted by atomic mass is 19.4. The summed E-state index contributed by atoms with van der Waals surface area (Å²) in [6.45, 7) is -3.34. The van der Waals surface area contributed by atoms with Crippen molar-refractivity contribution in [3.8, 4) is 5.75 Å². The van der Waals surface area contributed by atoms with E-state index in [9.17, 15) is 26.3 Å². The van der Waals surface area contributed by atoms with E-state index in [0.29, 0.717) is 5.75 Å². The molecule has 1 aromatic carbocycles. The van der Waals surface area contributed by atoms with Crippen LogP contribution in [-0.4, -0.2) is 32.6 Å². The van der Waals surface area contributed by atoms with Crippen molar-refractivity contribution in [1.29, 1.82) is 0 Å². The van der Waals surface area contributed by atoms with Crippen molar-refractivity contribution in [1.82, 2.24) is 0 Å². The molecule has 0 radical (unpaired) electrons. The topological polar surface area (TPSA) is 12.5 Å². The first-order valence-corrected chi connectivity index (χ1v) is 5.13. The first kappa shape index (κ1) is 15.5. The van der Waals surface area contributed by atoms with Crippen molar-refractivity contribution in [2.24, 2.45) is 0 Å². The van der Waals surface area contributed by atoms with Crippen molar-refractivity contribution < 1.29 is 31.1 Å². The second kappa shape index (κ2) is 5.58. The van der Waals surface area contributed by atoms with E-state index in [2.05, 4.69) is 0 Å². The van der Waals surface area contributed by atoms with Gasteiger partial charge in [-0.15, -0.1) is 0 Å². The Balaban J connectivity index is 2.94. The molecule has 108 valence electrons. The number of ether oxygens (including phenoxy) is 1. The van der Waals surface area contributed by atoms with Crippen LogP contribution in [-0.2, 0) is 0 Å². The summed E-state index contributed by atoms with van der Waals surface area (Å²) in [6, 6.07) is 4.90. The number of nitrogens with zero attached hydrogens (tertiary/aromatic N) is 1.